The van der Waals surface area contributed by atoms with Crippen molar-refractivity contribution in [2.24, 2.45) is 5.73 Å². The molecule has 1 aromatic rings. The van der Waals surface area contributed by atoms with Crippen LogP contribution >= 0.6 is 0 Å². The lowest BCUT2D eigenvalue weighted by molar-refractivity contribution is -0.141. The molecule has 0 saturated carbocycles. The average molecular weight is 323 g/mol. The van der Waals surface area contributed by atoms with E-state index in [9.17, 15) is 21.6 Å². The molecule has 1 saturated heterocycles. The van der Waals surface area contributed by atoms with E-state index in [4.69, 9.17) is 5.73 Å². The van der Waals surface area contributed by atoms with E-state index in [2.05, 4.69) is 4.98 Å². The number of sulfone groups is 1. The molecule has 0 spiro atoms. The van der Waals surface area contributed by atoms with Crippen molar-refractivity contribution in [3.63, 3.8) is 0 Å². The first kappa shape index (κ1) is 16.0. The first-order valence-electron chi connectivity index (χ1n) is 6.34. The molecule has 9 heteroatoms. The number of halogens is 3. The highest BCUT2D eigenvalue weighted by molar-refractivity contribution is 7.91. The molecule has 2 heterocycles. The van der Waals surface area contributed by atoms with Crippen molar-refractivity contribution in [2.75, 3.05) is 23.5 Å². The predicted octanol–water partition coefficient (Wildman–Crippen LogP) is 1.18. The molecule has 2 N–H and O–H groups in total. The maximum Gasteiger partial charge on any atom is 0.433 e. The minimum Gasteiger partial charge on any atom is -0.355 e. The van der Waals surface area contributed by atoms with Gasteiger partial charge in [-0.25, -0.2) is 13.4 Å². The standard InChI is InChI=1S/C12H16F3N3O2S/c1-18(9-4-5-21(19,20)7-9)11-8(6-16)2-3-10(17-11)12(13,14)15/h2-3,9H,4-7,16H2,1H3. The van der Waals surface area contributed by atoms with Gasteiger partial charge in [0, 0.05) is 25.2 Å². The molecule has 1 aromatic heterocycles. The first-order valence-corrected chi connectivity index (χ1v) is 8.16. The van der Waals surface area contributed by atoms with E-state index in [0.29, 0.717) is 12.0 Å². The summed E-state index contributed by atoms with van der Waals surface area (Å²) in [7, 11) is -1.58. The molecule has 0 amide bonds. The Morgan fingerprint density at radius 1 is 1.43 bits per heavy atom. The number of nitrogens with zero attached hydrogens (tertiary/aromatic N) is 2. The van der Waals surface area contributed by atoms with Crippen molar-refractivity contribution in [2.45, 2.75) is 25.2 Å². The number of anilines is 1. The van der Waals surface area contributed by atoms with Crippen molar-refractivity contribution in [3.05, 3.63) is 23.4 Å². The summed E-state index contributed by atoms with van der Waals surface area (Å²) in [5, 5.41) is 0. The van der Waals surface area contributed by atoms with Gasteiger partial charge in [0.15, 0.2) is 9.84 Å². The van der Waals surface area contributed by atoms with E-state index >= 15 is 0 Å². The number of hydrogen-bond donors (Lipinski definition) is 1. The molecule has 0 radical (unpaired) electrons. The molecule has 1 aliphatic rings. The number of alkyl halides is 3. The number of nitrogens with two attached hydrogens (primary N) is 1. The van der Waals surface area contributed by atoms with E-state index in [0.717, 1.165) is 6.07 Å². The van der Waals surface area contributed by atoms with Gasteiger partial charge >= 0.3 is 6.18 Å². The normalized spacial score (nSPS) is 21.5. The maximum absolute atomic E-state index is 12.8. The highest BCUT2D eigenvalue weighted by Gasteiger charge is 2.35. The molecule has 2 rings (SSSR count). The fraction of sp³-hybridized carbons (Fsp3) is 0.583. The number of pyridine rings is 1. The zero-order chi connectivity index (χ0) is 15.8. The lowest BCUT2D eigenvalue weighted by Gasteiger charge is -2.27. The SMILES string of the molecule is CN(c1nc(C(F)(F)F)ccc1CN)C1CCS(=O)(=O)C1. The number of rotatable bonds is 3. The molecule has 0 aromatic carbocycles. The van der Waals surface area contributed by atoms with Gasteiger partial charge in [-0.1, -0.05) is 6.07 Å². The molecule has 1 aliphatic heterocycles. The third-order valence-corrected chi connectivity index (χ3v) is 5.31. The van der Waals surface area contributed by atoms with Crippen LogP contribution in [0, 0.1) is 0 Å². The minimum atomic E-state index is -4.55. The molecule has 21 heavy (non-hydrogen) atoms. The van der Waals surface area contributed by atoms with E-state index < -0.39 is 21.7 Å². The molecule has 0 aliphatic carbocycles. The Labute approximate surface area is 120 Å². The van der Waals surface area contributed by atoms with Gasteiger partial charge in [0.05, 0.1) is 11.5 Å². The molecule has 5 nitrogen and oxygen atoms in total. The zero-order valence-electron chi connectivity index (χ0n) is 11.4. The second-order valence-electron chi connectivity index (χ2n) is 5.05. The Bertz CT molecular complexity index is 631. The van der Waals surface area contributed by atoms with Crippen molar-refractivity contribution in [1.82, 2.24) is 4.98 Å². The van der Waals surface area contributed by atoms with Crippen LogP contribution < -0.4 is 10.6 Å². The zero-order valence-corrected chi connectivity index (χ0v) is 12.2. The van der Waals surface area contributed by atoms with Crippen LogP contribution in [-0.4, -0.2) is 38.0 Å². The molecule has 1 atom stereocenters. The Kier molecular flexibility index (Phi) is 4.16. The van der Waals surface area contributed by atoms with Crippen LogP contribution in [0.15, 0.2) is 12.1 Å². The predicted molar refractivity (Wildman–Crippen MR) is 72.6 cm³/mol. The van der Waals surface area contributed by atoms with Crippen molar-refractivity contribution in [1.29, 1.82) is 0 Å². The fourth-order valence-electron chi connectivity index (χ4n) is 2.35. The number of hydrogen-bond acceptors (Lipinski definition) is 5. The summed E-state index contributed by atoms with van der Waals surface area (Å²) in [6.45, 7) is 0.0320. The van der Waals surface area contributed by atoms with Crippen molar-refractivity contribution >= 4 is 15.7 Å². The van der Waals surface area contributed by atoms with Crippen molar-refractivity contribution in [3.8, 4) is 0 Å². The summed E-state index contributed by atoms with van der Waals surface area (Å²) >= 11 is 0. The third kappa shape index (κ3) is 3.46. The van der Waals surface area contributed by atoms with Crippen LogP contribution in [-0.2, 0) is 22.6 Å². The van der Waals surface area contributed by atoms with Gasteiger partial charge in [-0.3, -0.25) is 0 Å². The summed E-state index contributed by atoms with van der Waals surface area (Å²) in [5.41, 5.74) is 4.98. The smallest absolute Gasteiger partial charge is 0.355 e. The molecular weight excluding hydrogens is 307 g/mol. The van der Waals surface area contributed by atoms with Gasteiger partial charge in [-0.05, 0) is 12.5 Å². The van der Waals surface area contributed by atoms with Crippen LogP contribution in [0.1, 0.15) is 17.7 Å². The van der Waals surface area contributed by atoms with Gasteiger partial charge in [0.2, 0.25) is 0 Å². The quantitative estimate of drug-likeness (QED) is 0.904. The summed E-state index contributed by atoms with van der Waals surface area (Å²) in [5.74, 6) is 0.0547. The first-order chi connectivity index (χ1) is 9.64. The average Bonchev–Trinajstić information content (AvgIpc) is 2.76. The highest BCUT2D eigenvalue weighted by atomic mass is 32.2. The third-order valence-electron chi connectivity index (χ3n) is 3.56. The van der Waals surface area contributed by atoms with Crippen molar-refractivity contribution < 1.29 is 21.6 Å². The Balaban J connectivity index is 2.37. The lowest BCUT2D eigenvalue weighted by Crippen LogP contribution is -2.34. The van der Waals surface area contributed by atoms with Gasteiger partial charge in [-0.15, -0.1) is 0 Å². The van der Waals surface area contributed by atoms with Gasteiger partial charge < -0.3 is 10.6 Å². The van der Waals surface area contributed by atoms with Crippen LogP contribution in [0.5, 0.6) is 0 Å². The Morgan fingerprint density at radius 3 is 2.57 bits per heavy atom. The van der Waals surface area contributed by atoms with E-state index in [1.165, 1.54) is 11.0 Å². The molecular formula is C12H16F3N3O2S. The Morgan fingerprint density at radius 2 is 2.10 bits per heavy atom. The Hall–Kier alpha value is -1.35. The van der Waals surface area contributed by atoms with Gasteiger partial charge in [-0.2, -0.15) is 13.2 Å². The second-order valence-corrected chi connectivity index (χ2v) is 7.28. The highest BCUT2D eigenvalue weighted by Crippen LogP contribution is 2.31. The van der Waals surface area contributed by atoms with Crippen LogP contribution in [0.25, 0.3) is 0 Å². The molecule has 0 bridgehead atoms. The van der Waals surface area contributed by atoms with Crippen LogP contribution in [0.3, 0.4) is 0 Å². The topological polar surface area (TPSA) is 76.3 Å². The van der Waals surface area contributed by atoms with Crippen LogP contribution in [0.4, 0.5) is 19.0 Å². The second kappa shape index (κ2) is 5.45. The van der Waals surface area contributed by atoms with Gasteiger partial charge in [0.1, 0.15) is 11.5 Å². The van der Waals surface area contributed by atoms with E-state index in [1.54, 1.807) is 7.05 Å². The molecule has 1 fully saturated rings. The lowest BCUT2D eigenvalue weighted by atomic mass is 10.1. The summed E-state index contributed by atoms with van der Waals surface area (Å²) in [6.07, 6.45) is -4.18. The van der Waals surface area contributed by atoms with E-state index in [1.807, 2.05) is 0 Å². The van der Waals surface area contributed by atoms with Crippen LogP contribution in [0.2, 0.25) is 0 Å². The number of aromatic nitrogens is 1. The maximum atomic E-state index is 12.8. The molecule has 1 unspecified atom stereocenters. The largest absolute Gasteiger partial charge is 0.433 e. The molecule has 118 valence electrons. The van der Waals surface area contributed by atoms with Gasteiger partial charge in [0.25, 0.3) is 0 Å². The van der Waals surface area contributed by atoms with E-state index in [-0.39, 0.29) is 29.9 Å². The summed E-state index contributed by atoms with van der Waals surface area (Å²) in [4.78, 5) is 5.12. The fourth-order valence-corrected chi connectivity index (χ4v) is 4.13. The minimum absolute atomic E-state index is 0.0320. The summed E-state index contributed by atoms with van der Waals surface area (Å²) < 4.78 is 61.3. The monoisotopic (exact) mass is 323 g/mol. The summed E-state index contributed by atoms with van der Waals surface area (Å²) in [6, 6.07) is 1.78.